The Morgan fingerprint density at radius 3 is 2.37 bits per heavy atom. The number of nitrogens with one attached hydrogen (secondary N) is 1. The molecule has 9 heteroatoms. The van der Waals surface area contributed by atoms with Gasteiger partial charge >= 0.3 is 11.9 Å². The number of hydrogen-bond donors (Lipinski definition) is 1. The van der Waals surface area contributed by atoms with Gasteiger partial charge in [0.1, 0.15) is 18.0 Å². The Kier molecular flexibility index (Phi) is 10.1. The maximum atomic E-state index is 13.6. The molecule has 0 fully saturated rings. The number of rotatable bonds is 12. The molecule has 43 heavy (non-hydrogen) atoms. The number of esters is 2. The summed E-state index contributed by atoms with van der Waals surface area (Å²) in [5, 5.41) is 0. The van der Waals surface area contributed by atoms with Crippen molar-refractivity contribution in [3.8, 4) is 16.9 Å². The van der Waals surface area contributed by atoms with Crippen LogP contribution < -0.4 is 9.46 Å². The molecule has 1 aliphatic carbocycles. The zero-order valence-electron chi connectivity index (χ0n) is 25.0. The van der Waals surface area contributed by atoms with E-state index in [2.05, 4.69) is 4.72 Å². The van der Waals surface area contributed by atoms with Gasteiger partial charge in [-0.3, -0.25) is 9.59 Å². The fourth-order valence-corrected chi connectivity index (χ4v) is 5.80. The minimum Gasteiger partial charge on any atom is -0.492 e. The number of para-hydroxylation sites is 1. The number of carbonyl (C=O) groups is 2. The van der Waals surface area contributed by atoms with Crippen LogP contribution in [0.15, 0.2) is 91.0 Å². The maximum Gasteiger partial charge on any atom is 0.316 e. The molecule has 0 amide bonds. The second-order valence-electron chi connectivity index (χ2n) is 11.8. The van der Waals surface area contributed by atoms with E-state index in [1.165, 1.54) is 0 Å². The van der Waals surface area contributed by atoms with Crippen molar-refractivity contribution < 1.29 is 32.2 Å². The molecule has 3 aromatic carbocycles. The summed E-state index contributed by atoms with van der Waals surface area (Å²) in [6.45, 7) is 5.76. The van der Waals surface area contributed by atoms with E-state index in [1.54, 1.807) is 12.2 Å². The minimum absolute atomic E-state index is 0.119. The first-order chi connectivity index (χ1) is 20.3. The van der Waals surface area contributed by atoms with E-state index in [1.807, 2.05) is 99.6 Å². The Hall–Kier alpha value is -3.95. The Bertz CT molecular complexity index is 1560. The van der Waals surface area contributed by atoms with E-state index >= 15 is 0 Å². The van der Waals surface area contributed by atoms with E-state index in [4.69, 9.17) is 14.2 Å². The van der Waals surface area contributed by atoms with E-state index in [9.17, 15) is 18.0 Å². The molecule has 0 aromatic heterocycles. The van der Waals surface area contributed by atoms with Gasteiger partial charge in [0.25, 0.3) is 0 Å². The molecule has 4 rings (SSSR count). The summed E-state index contributed by atoms with van der Waals surface area (Å²) in [4.78, 5) is 25.8. The number of sulfonamides is 1. The van der Waals surface area contributed by atoms with Crippen LogP contribution in [-0.4, -0.2) is 44.9 Å². The largest absolute Gasteiger partial charge is 0.492 e. The Labute approximate surface area is 254 Å². The third-order valence-corrected chi connectivity index (χ3v) is 7.58. The van der Waals surface area contributed by atoms with Gasteiger partial charge in [0.15, 0.2) is 0 Å². The molecule has 0 unspecified atom stereocenters. The van der Waals surface area contributed by atoms with Crippen LogP contribution in [0.2, 0.25) is 0 Å². The third kappa shape index (κ3) is 9.53. The van der Waals surface area contributed by atoms with Crippen molar-refractivity contribution >= 4 is 22.0 Å². The van der Waals surface area contributed by atoms with Gasteiger partial charge < -0.3 is 14.2 Å². The molecule has 0 aliphatic heterocycles. The second kappa shape index (κ2) is 13.6. The minimum atomic E-state index is -3.48. The summed E-state index contributed by atoms with van der Waals surface area (Å²) in [5.41, 5.74) is 1.85. The van der Waals surface area contributed by atoms with Crippen molar-refractivity contribution in [1.29, 1.82) is 0 Å². The molecule has 2 atom stereocenters. The van der Waals surface area contributed by atoms with Crippen LogP contribution >= 0.6 is 0 Å². The summed E-state index contributed by atoms with van der Waals surface area (Å²) in [6.07, 6.45) is 5.27. The van der Waals surface area contributed by atoms with Gasteiger partial charge in [0.2, 0.25) is 10.0 Å². The fraction of sp³-hybridized carbons (Fsp3) is 0.353. The lowest BCUT2D eigenvalue weighted by Gasteiger charge is -2.27. The van der Waals surface area contributed by atoms with Crippen LogP contribution in [0.5, 0.6) is 5.75 Å². The summed E-state index contributed by atoms with van der Waals surface area (Å²) >= 11 is 0. The molecular formula is C34H39NO7S. The van der Waals surface area contributed by atoms with E-state index in [-0.39, 0.29) is 32.0 Å². The molecule has 0 saturated heterocycles. The van der Waals surface area contributed by atoms with Crippen molar-refractivity contribution in [2.45, 2.75) is 58.3 Å². The molecule has 8 nitrogen and oxygen atoms in total. The SMILES string of the molecule is CC(C)(C)OC(=O)CCOc1ccccc1-c1cccc(C[C@]2(C(=O)OCc3ccccc3)C=C[C@H](NS(C)(=O)=O)C2)c1. The molecule has 3 aromatic rings. The molecule has 0 bridgehead atoms. The quantitative estimate of drug-likeness (QED) is 0.211. The van der Waals surface area contributed by atoms with Crippen molar-refractivity contribution in [3.63, 3.8) is 0 Å². The lowest BCUT2D eigenvalue weighted by atomic mass is 9.80. The van der Waals surface area contributed by atoms with Gasteiger partial charge in [-0.15, -0.1) is 0 Å². The standard InChI is InChI=1S/C34H39NO7S/c1-33(2,3)42-31(36)18-20-40-30-16-9-8-15-29(30)27-14-10-13-26(21-27)22-34(19-17-28(23-34)35-43(4,38)39)32(37)41-24-25-11-6-5-7-12-25/h5-17,19,21,28,35H,18,20,22-24H2,1-4H3/t28-,34+/m0/s1. The molecule has 1 aliphatic rings. The average molecular weight is 606 g/mol. The van der Waals surface area contributed by atoms with E-state index in [0.29, 0.717) is 12.2 Å². The van der Waals surface area contributed by atoms with Crippen LogP contribution in [-0.2, 0) is 42.1 Å². The Morgan fingerprint density at radius 2 is 1.65 bits per heavy atom. The Balaban J connectivity index is 1.53. The predicted octanol–water partition coefficient (Wildman–Crippen LogP) is 5.61. The van der Waals surface area contributed by atoms with Crippen LogP contribution in [0, 0.1) is 5.41 Å². The van der Waals surface area contributed by atoms with Crippen LogP contribution in [0.25, 0.3) is 11.1 Å². The number of benzene rings is 3. The van der Waals surface area contributed by atoms with Crippen molar-refractivity contribution in [2.24, 2.45) is 5.41 Å². The van der Waals surface area contributed by atoms with E-state index in [0.717, 1.165) is 28.5 Å². The summed E-state index contributed by atoms with van der Waals surface area (Å²) < 4.78 is 43.6. The van der Waals surface area contributed by atoms with Gasteiger partial charge in [0, 0.05) is 11.6 Å². The zero-order chi connectivity index (χ0) is 31.1. The Morgan fingerprint density at radius 1 is 0.953 bits per heavy atom. The second-order valence-corrected chi connectivity index (χ2v) is 13.6. The van der Waals surface area contributed by atoms with Crippen LogP contribution in [0.3, 0.4) is 0 Å². The average Bonchev–Trinajstić information content (AvgIpc) is 3.33. The maximum absolute atomic E-state index is 13.6. The highest BCUT2D eigenvalue weighted by molar-refractivity contribution is 7.88. The normalized spacial score (nSPS) is 18.3. The van der Waals surface area contributed by atoms with Crippen molar-refractivity contribution in [2.75, 3.05) is 12.9 Å². The van der Waals surface area contributed by atoms with Crippen molar-refractivity contribution in [1.82, 2.24) is 4.72 Å². The third-order valence-electron chi connectivity index (χ3n) is 6.84. The molecule has 0 heterocycles. The van der Waals surface area contributed by atoms with Gasteiger partial charge in [-0.05, 0) is 56.4 Å². The van der Waals surface area contributed by atoms with Gasteiger partial charge in [-0.2, -0.15) is 0 Å². The summed E-state index contributed by atoms with van der Waals surface area (Å²) in [5.74, 6) is -0.121. The predicted molar refractivity (Wildman–Crippen MR) is 166 cm³/mol. The zero-order valence-corrected chi connectivity index (χ0v) is 25.9. The highest BCUT2D eigenvalue weighted by Gasteiger charge is 2.43. The first-order valence-electron chi connectivity index (χ1n) is 14.2. The number of hydrogen-bond acceptors (Lipinski definition) is 7. The van der Waals surface area contributed by atoms with E-state index < -0.39 is 33.1 Å². The number of ether oxygens (including phenoxy) is 3. The first-order valence-corrected chi connectivity index (χ1v) is 16.1. The van der Waals surface area contributed by atoms with Crippen LogP contribution in [0.4, 0.5) is 0 Å². The van der Waals surface area contributed by atoms with Crippen LogP contribution in [0.1, 0.15) is 44.7 Å². The number of carbonyl (C=O) groups excluding carboxylic acids is 2. The van der Waals surface area contributed by atoms with Crippen molar-refractivity contribution in [3.05, 3.63) is 102 Å². The molecule has 1 N–H and O–H groups in total. The highest BCUT2D eigenvalue weighted by Crippen LogP contribution is 2.39. The summed E-state index contributed by atoms with van der Waals surface area (Å²) in [6, 6.07) is 24.3. The topological polar surface area (TPSA) is 108 Å². The molecule has 0 radical (unpaired) electrons. The molecule has 0 saturated carbocycles. The monoisotopic (exact) mass is 605 g/mol. The fourth-order valence-electron chi connectivity index (χ4n) is 5.09. The lowest BCUT2D eigenvalue weighted by molar-refractivity contribution is -0.156. The van der Waals surface area contributed by atoms with Gasteiger partial charge in [0.05, 0.1) is 24.7 Å². The summed E-state index contributed by atoms with van der Waals surface area (Å²) in [7, 11) is -3.48. The first kappa shape index (κ1) is 32.0. The molecule has 228 valence electrons. The smallest absolute Gasteiger partial charge is 0.316 e. The highest BCUT2D eigenvalue weighted by atomic mass is 32.2. The molecular weight excluding hydrogens is 566 g/mol. The van der Waals surface area contributed by atoms with Gasteiger partial charge in [-0.1, -0.05) is 84.9 Å². The molecule has 0 spiro atoms. The van der Waals surface area contributed by atoms with Gasteiger partial charge in [-0.25, -0.2) is 13.1 Å². The lowest BCUT2D eigenvalue weighted by Crippen LogP contribution is -2.38.